The summed E-state index contributed by atoms with van der Waals surface area (Å²) in [5.74, 6) is 0.371. The second kappa shape index (κ2) is 8.39. The Morgan fingerprint density at radius 2 is 1.95 bits per heavy atom. The highest BCUT2D eigenvalue weighted by Crippen LogP contribution is 2.29. The summed E-state index contributed by atoms with van der Waals surface area (Å²) < 4.78 is 27.9. The fourth-order valence-electron chi connectivity index (χ4n) is 2.80. The van der Waals surface area contributed by atoms with E-state index >= 15 is 0 Å². The maximum atomic E-state index is 12.6. The van der Waals surface area contributed by atoms with E-state index in [1.807, 2.05) is 18.4 Å². The van der Waals surface area contributed by atoms with Crippen LogP contribution in [-0.4, -0.2) is 27.3 Å². The molecule has 0 spiro atoms. The summed E-state index contributed by atoms with van der Waals surface area (Å²) in [4.78, 5) is 1.12. The monoisotopic (exact) mass is 350 g/mol. The van der Waals surface area contributed by atoms with Crippen LogP contribution in [0.25, 0.3) is 0 Å². The molecule has 0 aliphatic heterocycles. The van der Waals surface area contributed by atoms with Crippen LogP contribution in [0.2, 0.25) is 0 Å². The first-order valence-electron chi connectivity index (χ1n) is 6.94. The Hall–Kier alpha value is -0.270. The van der Waals surface area contributed by atoms with Gasteiger partial charge in [-0.2, -0.15) is 0 Å². The highest BCUT2D eigenvalue weighted by atomic mass is 35.5. The van der Waals surface area contributed by atoms with Gasteiger partial charge in [0.1, 0.15) is 0 Å². The van der Waals surface area contributed by atoms with Crippen LogP contribution in [0.5, 0.6) is 0 Å². The molecule has 0 aromatic heterocycles. The molecule has 120 valence electrons. The van der Waals surface area contributed by atoms with Gasteiger partial charge in [0.25, 0.3) is 0 Å². The summed E-state index contributed by atoms with van der Waals surface area (Å²) in [5, 5.41) is 0. The number of thioether (sulfide) groups is 1. The second-order valence-electron chi connectivity index (χ2n) is 5.16. The number of nitrogens with two attached hydrogens (primary N) is 1. The van der Waals surface area contributed by atoms with Gasteiger partial charge in [-0.15, -0.1) is 24.2 Å². The average molecular weight is 351 g/mol. The maximum absolute atomic E-state index is 12.6. The first kappa shape index (κ1) is 18.8. The molecular formula is C14H23ClN2O2S2. The molecule has 3 N–H and O–H groups in total. The minimum Gasteiger partial charge on any atom is -0.329 e. The second-order valence-corrected chi connectivity index (χ2v) is 7.69. The summed E-state index contributed by atoms with van der Waals surface area (Å²) in [6.45, 7) is 0.353. The molecule has 0 amide bonds. The SMILES string of the molecule is CSc1ccccc1S(=O)(=O)NC(CN)C1CCCC1.Cl. The van der Waals surface area contributed by atoms with Crippen LogP contribution in [0, 0.1) is 5.92 Å². The molecule has 1 atom stereocenters. The van der Waals surface area contributed by atoms with Crippen molar-refractivity contribution in [1.29, 1.82) is 0 Å². The standard InChI is InChI=1S/C14H22N2O2S2.ClH/c1-19-13-8-4-5-9-14(13)20(17,18)16-12(10-15)11-6-2-3-7-11;/h4-5,8-9,11-12,16H,2-3,6-7,10,15H2,1H3;1H. The molecule has 1 aromatic rings. The van der Waals surface area contributed by atoms with E-state index in [-0.39, 0.29) is 18.4 Å². The average Bonchev–Trinajstić information content (AvgIpc) is 2.98. The van der Waals surface area contributed by atoms with Crippen LogP contribution in [0.1, 0.15) is 25.7 Å². The van der Waals surface area contributed by atoms with Crippen molar-refractivity contribution in [3.8, 4) is 0 Å². The van der Waals surface area contributed by atoms with Crippen molar-refractivity contribution >= 4 is 34.2 Å². The van der Waals surface area contributed by atoms with E-state index < -0.39 is 10.0 Å². The van der Waals surface area contributed by atoms with Gasteiger partial charge in [-0.3, -0.25) is 0 Å². The highest BCUT2D eigenvalue weighted by Gasteiger charge is 2.29. The lowest BCUT2D eigenvalue weighted by atomic mass is 9.99. The van der Waals surface area contributed by atoms with E-state index in [0.717, 1.165) is 17.7 Å². The predicted octanol–water partition coefficient (Wildman–Crippen LogP) is 2.63. The number of rotatable bonds is 6. The lowest BCUT2D eigenvalue weighted by Crippen LogP contribution is -2.44. The van der Waals surface area contributed by atoms with E-state index in [9.17, 15) is 8.42 Å². The Morgan fingerprint density at radius 1 is 1.33 bits per heavy atom. The molecular weight excluding hydrogens is 328 g/mol. The maximum Gasteiger partial charge on any atom is 0.241 e. The van der Waals surface area contributed by atoms with E-state index in [1.165, 1.54) is 24.6 Å². The lowest BCUT2D eigenvalue weighted by Gasteiger charge is -2.23. The number of sulfonamides is 1. The molecule has 0 radical (unpaired) electrons. The third-order valence-electron chi connectivity index (χ3n) is 3.89. The Balaban J connectivity index is 0.00000220. The van der Waals surface area contributed by atoms with E-state index in [2.05, 4.69) is 4.72 Å². The van der Waals surface area contributed by atoms with Gasteiger partial charge >= 0.3 is 0 Å². The van der Waals surface area contributed by atoms with Crippen LogP contribution in [0.15, 0.2) is 34.1 Å². The van der Waals surface area contributed by atoms with Crippen molar-refractivity contribution in [3.05, 3.63) is 24.3 Å². The summed E-state index contributed by atoms with van der Waals surface area (Å²) in [7, 11) is -3.50. The third kappa shape index (κ3) is 4.60. The van der Waals surface area contributed by atoms with Crippen LogP contribution in [0.3, 0.4) is 0 Å². The summed E-state index contributed by atoms with van der Waals surface area (Å²) in [5.41, 5.74) is 5.78. The fourth-order valence-corrected chi connectivity index (χ4v) is 5.27. The quantitative estimate of drug-likeness (QED) is 0.773. The molecule has 2 rings (SSSR count). The zero-order chi connectivity index (χ0) is 14.6. The molecule has 1 aliphatic rings. The van der Waals surface area contributed by atoms with Crippen molar-refractivity contribution in [2.45, 2.75) is 41.5 Å². The summed E-state index contributed by atoms with van der Waals surface area (Å²) in [6, 6.07) is 6.92. The number of benzene rings is 1. The van der Waals surface area contributed by atoms with Gasteiger partial charge in [0.05, 0.1) is 4.90 Å². The van der Waals surface area contributed by atoms with Gasteiger partial charge in [0.15, 0.2) is 0 Å². The molecule has 0 saturated heterocycles. The van der Waals surface area contributed by atoms with Crippen molar-refractivity contribution in [2.24, 2.45) is 11.7 Å². The minimum absolute atomic E-state index is 0. The molecule has 21 heavy (non-hydrogen) atoms. The van der Waals surface area contributed by atoms with Crippen LogP contribution >= 0.6 is 24.2 Å². The molecule has 1 fully saturated rings. The third-order valence-corrected chi connectivity index (χ3v) is 6.36. The minimum atomic E-state index is -3.50. The normalized spacial score (nSPS) is 17.4. The van der Waals surface area contributed by atoms with E-state index in [0.29, 0.717) is 17.4 Å². The van der Waals surface area contributed by atoms with Crippen LogP contribution < -0.4 is 10.5 Å². The first-order valence-corrected chi connectivity index (χ1v) is 9.64. The van der Waals surface area contributed by atoms with Gasteiger partial charge in [-0.05, 0) is 37.1 Å². The van der Waals surface area contributed by atoms with Gasteiger partial charge in [-0.25, -0.2) is 13.1 Å². The van der Waals surface area contributed by atoms with Gasteiger partial charge in [0, 0.05) is 17.5 Å². The van der Waals surface area contributed by atoms with Crippen LogP contribution in [-0.2, 0) is 10.0 Å². The molecule has 1 unspecified atom stereocenters. The van der Waals surface area contributed by atoms with E-state index in [1.54, 1.807) is 12.1 Å². The topological polar surface area (TPSA) is 72.2 Å². The zero-order valence-electron chi connectivity index (χ0n) is 12.1. The van der Waals surface area contributed by atoms with Gasteiger partial charge < -0.3 is 5.73 Å². The Bertz CT molecular complexity index is 546. The Kier molecular flexibility index (Phi) is 7.50. The molecule has 4 nitrogen and oxygen atoms in total. The largest absolute Gasteiger partial charge is 0.329 e. The van der Waals surface area contributed by atoms with Crippen molar-refractivity contribution < 1.29 is 8.42 Å². The van der Waals surface area contributed by atoms with Gasteiger partial charge in [-0.1, -0.05) is 25.0 Å². The highest BCUT2D eigenvalue weighted by molar-refractivity contribution is 7.99. The molecule has 0 bridgehead atoms. The summed E-state index contributed by atoms with van der Waals surface area (Å²) in [6.07, 6.45) is 6.35. The zero-order valence-corrected chi connectivity index (χ0v) is 14.6. The number of hydrogen-bond donors (Lipinski definition) is 2. The Morgan fingerprint density at radius 3 is 2.52 bits per heavy atom. The van der Waals surface area contributed by atoms with Crippen molar-refractivity contribution in [1.82, 2.24) is 4.72 Å². The lowest BCUT2D eigenvalue weighted by molar-refractivity contribution is 0.405. The predicted molar refractivity (Wildman–Crippen MR) is 90.6 cm³/mol. The molecule has 1 saturated carbocycles. The molecule has 7 heteroatoms. The van der Waals surface area contributed by atoms with Crippen molar-refractivity contribution in [3.63, 3.8) is 0 Å². The van der Waals surface area contributed by atoms with Crippen LogP contribution in [0.4, 0.5) is 0 Å². The Labute approximate surface area is 137 Å². The smallest absolute Gasteiger partial charge is 0.241 e. The molecule has 0 heterocycles. The molecule has 1 aliphatic carbocycles. The van der Waals surface area contributed by atoms with E-state index in [4.69, 9.17) is 5.73 Å². The number of halogens is 1. The van der Waals surface area contributed by atoms with Gasteiger partial charge in [0.2, 0.25) is 10.0 Å². The fraction of sp³-hybridized carbons (Fsp3) is 0.571. The molecule has 1 aromatic carbocycles. The van der Waals surface area contributed by atoms with Crippen molar-refractivity contribution in [2.75, 3.05) is 12.8 Å². The number of hydrogen-bond acceptors (Lipinski definition) is 4. The first-order chi connectivity index (χ1) is 9.58. The summed E-state index contributed by atoms with van der Waals surface area (Å²) >= 11 is 1.44. The number of nitrogens with one attached hydrogen (secondary N) is 1.